The van der Waals surface area contributed by atoms with E-state index in [2.05, 4.69) is 0 Å². The third-order valence-corrected chi connectivity index (χ3v) is 1.23. The predicted octanol–water partition coefficient (Wildman–Crippen LogP) is 3.10. The zero-order valence-electron chi connectivity index (χ0n) is 4.07. The summed E-state index contributed by atoms with van der Waals surface area (Å²) in [6, 6.07) is 0. The maximum absolute atomic E-state index is 5.43. The van der Waals surface area contributed by atoms with E-state index in [0.717, 1.165) is 0 Å². The Labute approximate surface area is 63.7 Å². The van der Waals surface area contributed by atoms with Gasteiger partial charge in [0, 0.05) is 11.4 Å². The van der Waals surface area contributed by atoms with Gasteiger partial charge >= 0.3 is 0 Å². The minimum absolute atomic E-state index is 0.459. The smallest absolute Gasteiger partial charge is 0.0516 e. The van der Waals surface area contributed by atoms with Crippen LogP contribution in [0.3, 0.4) is 0 Å². The Morgan fingerprint density at radius 3 is 2.50 bits per heavy atom. The number of allylic oxidation sites excluding steroid dienone is 3. The molecule has 3 heteroatoms. The summed E-state index contributed by atoms with van der Waals surface area (Å²) in [5.74, 6) is 0.459. The first-order chi connectivity index (χ1) is 3.81. The predicted molar refractivity (Wildman–Crippen MR) is 39.6 cm³/mol. The van der Waals surface area contributed by atoms with E-state index >= 15 is 0 Å². The molecule has 0 atom stereocenters. The molecule has 0 heterocycles. The number of alkyl halides is 1. The van der Waals surface area contributed by atoms with Crippen molar-refractivity contribution in [3.63, 3.8) is 0 Å². The molecule has 0 radical (unpaired) electrons. The lowest BCUT2D eigenvalue weighted by molar-refractivity contribution is 1.73. The van der Waals surface area contributed by atoms with Crippen molar-refractivity contribution in [2.45, 2.75) is 0 Å². The zero-order chi connectivity index (χ0) is 6.41. The van der Waals surface area contributed by atoms with Crippen LogP contribution in [0.5, 0.6) is 0 Å². The monoisotopic (exact) mass is 170 g/mol. The van der Waals surface area contributed by atoms with Crippen molar-refractivity contribution in [3.8, 4) is 0 Å². The maximum Gasteiger partial charge on any atom is 0.0516 e. The molecule has 46 valence electrons. The van der Waals surface area contributed by atoms with Gasteiger partial charge in [-0.3, -0.25) is 0 Å². The third kappa shape index (κ3) is 4.51. The first-order valence-electron chi connectivity index (χ1n) is 1.99. The summed E-state index contributed by atoms with van der Waals surface area (Å²) in [4.78, 5) is 0. The minimum Gasteiger partial charge on any atom is -0.122 e. The second-order valence-corrected chi connectivity index (χ2v) is 2.01. The van der Waals surface area contributed by atoms with E-state index in [1.54, 1.807) is 12.2 Å². The fourth-order valence-corrected chi connectivity index (χ4v) is 0.444. The molecule has 0 bridgehead atoms. The minimum atomic E-state index is 0.459. The number of rotatable bonds is 2. The van der Waals surface area contributed by atoms with Gasteiger partial charge in [0.1, 0.15) is 0 Å². The Balaban J connectivity index is 3.53. The topological polar surface area (TPSA) is 0 Å². The molecule has 8 heavy (non-hydrogen) atoms. The van der Waals surface area contributed by atoms with E-state index in [0.29, 0.717) is 10.9 Å². The molecule has 0 aliphatic carbocycles. The van der Waals surface area contributed by atoms with Crippen molar-refractivity contribution in [1.82, 2.24) is 0 Å². The quantitative estimate of drug-likeness (QED) is 0.442. The Bertz CT molecular complexity index is 104. The molecule has 0 N–H and O–H groups in total. The van der Waals surface area contributed by atoms with E-state index in [4.69, 9.17) is 34.8 Å². The number of hydrogen-bond acceptors (Lipinski definition) is 0. The van der Waals surface area contributed by atoms with Gasteiger partial charge in [0.25, 0.3) is 0 Å². The van der Waals surface area contributed by atoms with E-state index in [9.17, 15) is 0 Å². The Hall–Kier alpha value is 0.350. The molecule has 0 aliphatic rings. The molecular formula is C5H5Cl3. The van der Waals surface area contributed by atoms with Crippen LogP contribution in [-0.4, -0.2) is 5.88 Å². The summed E-state index contributed by atoms with van der Waals surface area (Å²) in [6.07, 6.45) is 3.35. The van der Waals surface area contributed by atoms with E-state index in [-0.39, 0.29) is 0 Å². The summed E-state index contributed by atoms with van der Waals surface area (Å²) in [5, 5.41) is 0.493. The molecule has 0 saturated carbocycles. The largest absolute Gasteiger partial charge is 0.122 e. The molecular weight excluding hydrogens is 166 g/mol. The van der Waals surface area contributed by atoms with Crippen LogP contribution in [0.25, 0.3) is 0 Å². The van der Waals surface area contributed by atoms with E-state index in [1.807, 2.05) is 0 Å². The maximum atomic E-state index is 5.43. The fraction of sp³-hybridized carbons (Fsp3) is 0.200. The van der Waals surface area contributed by atoms with Crippen molar-refractivity contribution in [2.24, 2.45) is 0 Å². The molecule has 0 spiro atoms. The highest BCUT2D eigenvalue weighted by Gasteiger charge is 1.77. The van der Waals surface area contributed by atoms with Gasteiger partial charge in [-0.25, -0.2) is 0 Å². The first-order valence-corrected chi connectivity index (χ1v) is 3.34. The summed E-state index contributed by atoms with van der Waals surface area (Å²) >= 11 is 15.9. The van der Waals surface area contributed by atoms with Gasteiger partial charge in [-0.2, -0.15) is 0 Å². The lowest BCUT2D eigenvalue weighted by Crippen LogP contribution is -1.60. The zero-order valence-corrected chi connectivity index (χ0v) is 6.34. The van der Waals surface area contributed by atoms with Crippen LogP contribution in [-0.2, 0) is 0 Å². The lowest BCUT2D eigenvalue weighted by Gasteiger charge is -1.79. The van der Waals surface area contributed by atoms with Gasteiger partial charge < -0.3 is 0 Å². The summed E-state index contributed by atoms with van der Waals surface area (Å²) in [5.41, 5.74) is 1.28. The molecule has 0 rings (SSSR count). The average Bonchev–Trinajstić information content (AvgIpc) is 1.83. The second kappa shape index (κ2) is 5.49. The van der Waals surface area contributed by atoms with Crippen LogP contribution in [0.4, 0.5) is 0 Å². The fourth-order valence-electron chi connectivity index (χ4n) is 0.193. The van der Waals surface area contributed by atoms with Gasteiger partial charge in [-0.15, -0.1) is 11.6 Å². The lowest BCUT2D eigenvalue weighted by atomic mass is 10.5. The van der Waals surface area contributed by atoms with Crippen LogP contribution in [0, 0.1) is 0 Å². The standard InChI is InChI=1S/C5H5Cl3/c6-3-1-2-5(8)4-7/h1-2,4H,3H2. The van der Waals surface area contributed by atoms with Crippen LogP contribution in [0.1, 0.15) is 0 Å². The van der Waals surface area contributed by atoms with Gasteiger partial charge in [0.2, 0.25) is 0 Å². The molecule has 0 saturated heterocycles. The molecule has 0 aromatic carbocycles. The number of halogens is 3. The van der Waals surface area contributed by atoms with Crippen molar-refractivity contribution >= 4 is 34.8 Å². The van der Waals surface area contributed by atoms with Gasteiger partial charge in [-0.05, 0) is 6.08 Å². The Morgan fingerprint density at radius 1 is 1.50 bits per heavy atom. The van der Waals surface area contributed by atoms with Crippen molar-refractivity contribution < 1.29 is 0 Å². The van der Waals surface area contributed by atoms with Crippen LogP contribution in [0.15, 0.2) is 22.7 Å². The first kappa shape index (κ1) is 8.35. The summed E-state index contributed by atoms with van der Waals surface area (Å²) < 4.78 is 0. The highest BCUT2D eigenvalue weighted by Crippen LogP contribution is 2.03. The number of hydrogen-bond donors (Lipinski definition) is 0. The van der Waals surface area contributed by atoms with Gasteiger partial charge in [0.15, 0.2) is 0 Å². The van der Waals surface area contributed by atoms with E-state index < -0.39 is 0 Å². The van der Waals surface area contributed by atoms with Crippen molar-refractivity contribution in [3.05, 3.63) is 22.7 Å². The SMILES string of the molecule is ClC=C(Cl)C=CCCl. The van der Waals surface area contributed by atoms with E-state index in [1.165, 1.54) is 5.54 Å². The van der Waals surface area contributed by atoms with Crippen LogP contribution < -0.4 is 0 Å². The Kier molecular flexibility index (Phi) is 5.73. The third-order valence-electron chi connectivity index (χ3n) is 0.470. The van der Waals surface area contributed by atoms with Gasteiger partial charge in [0.05, 0.1) is 5.03 Å². The molecule has 0 aliphatic heterocycles. The van der Waals surface area contributed by atoms with Crippen LogP contribution in [0.2, 0.25) is 0 Å². The highest BCUT2D eigenvalue weighted by atomic mass is 35.5. The van der Waals surface area contributed by atoms with Gasteiger partial charge in [-0.1, -0.05) is 29.3 Å². The molecule has 0 fully saturated rings. The molecule has 0 aromatic rings. The highest BCUT2D eigenvalue weighted by molar-refractivity contribution is 6.37. The van der Waals surface area contributed by atoms with Crippen LogP contribution >= 0.6 is 34.8 Å². The second-order valence-electron chi connectivity index (χ2n) is 1.05. The summed E-state index contributed by atoms with van der Waals surface area (Å²) in [6.45, 7) is 0. The molecule has 0 aromatic heterocycles. The molecule has 0 unspecified atom stereocenters. The Morgan fingerprint density at radius 2 is 2.12 bits per heavy atom. The normalized spacial score (nSPS) is 13.1. The van der Waals surface area contributed by atoms with Crippen molar-refractivity contribution in [2.75, 3.05) is 5.88 Å². The summed E-state index contributed by atoms with van der Waals surface area (Å²) in [7, 11) is 0. The molecule has 0 nitrogen and oxygen atoms in total. The molecule has 0 amide bonds. The van der Waals surface area contributed by atoms with Crippen molar-refractivity contribution in [1.29, 1.82) is 0 Å². The average molecular weight is 171 g/mol.